The third-order valence-corrected chi connectivity index (χ3v) is 3.95. The van der Waals surface area contributed by atoms with Crippen LogP contribution in [0.2, 0.25) is 0 Å². The topological polar surface area (TPSA) is 65.0 Å². The van der Waals surface area contributed by atoms with E-state index in [1.54, 1.807) is 0 Å². The Kier molecular flexibility index (Phi) is 3.98. The fourth-order valence-corrected chi connectivity index (χ4v) is 2.78. The minimum atomic E-state index is -0.388. The second-order valence-corrected chi connectivity index (χ2v) is 5.27. The summed E-state index contributed by atoms with van der Waals surface area (Å²) in [4.78, 5) is 25.0. The number of quaternary nitrogens is 1. The average molecular weight is 269 g/mol. The smallest absolute Gasteiger partial charge is 0.247 e. The number of halogens is 1. The molecule has 0 aromatic heterocycles. The van der Waals surface area contributed by atoms with Gasteiger partial charge in [0, 0.05) is 12.2 Å². The number of hydrogen-bond donors (Lipinski definition) is 1. The second-order valence-electron chi connectivity index (χ2n) is 3.96. The molecule has 3 N–H and O–H groups in total. The van der Waals surface area contributed by atoms with Crippen LogP contribution in [0.1, 0.15) is 6.42 Å². The van der Waals surface area contributed by atoms with Crippen LogP contribution >= 0.6 is 11.8 Å². The highest BCUT2D eigenvalue weighted by molar-refractivity contribution is 8.00. The van der Waals surface area contributed by atoms with E-state index in [1.165, 1.54) is 36.0 Å². The van der Waals surface area contributed by atoms with Crippen molar-refractivity contribution in [2.24, 2.45) is 0 Å². The summed E-state index contributed by atoms with van der Waals surface area (Å²) in [6.07, 6.45) is 0.209. The van der Waals surface area contributed by atoms with Gasteiger partial charge in [-0.3, -0.25) is 9.59 Å². The zero-order chi connectivity index (χ0) is 13.1. The van der Waals surface area contributed by atoms with Crippen molar-refractivity contribution in [1.29, 1.82) is 0 Å². The molecule has 2 rings (SSSR count). The van der Waals surface area contributed by atoms with E-state index in [1.807, 2.05) is 0 Å². The summed E-state index contributed by atoms with van der Waals surface area (Å²) in [5, 5.41) is -0.329. The lowest BCUT2D eigenvalue weighted by Gasteiger charge is -2.14. The molecule has 0 saturated carbocycles. The third kappa shape index (κ3) is 2.54. The quantitative estimate of drug-likeness (QED) is 0.806. The molecule has 0 bridgehead atoms. The van der Waals surface area contributed by atoms with Gasteiger partial charge in [-0.1, -0.05) is 0 Å². The Labute approximate surface area is 108 Å². The summed E-state index contributed by atoms with van der Waals surface area (Å²) >= 11 is 1.45. The predicted octanol–water partition coefficient (Wildman–Crippen LogP) is 0.433. The fraction of sp³-hybridized carbons (Fsp3) is 0.333. The molecule has 1 heterocycles. The van der Waals surface area contributed by atoms with E-state index in [2.05, 4.69) is 5.73 Å². The molecule has 4 nitrogen and oxygen atoms in total. The Morgan fingerprint density at radius 1 is 1.33 bits per heavy atom. The van der Waals surface area contributed by atoms with Gasteiger partial charge < -0.3 is 5.73 Å². The maximum atomic E-state index is 12.8. The van der Waals surface area contributed by atoms with Crippen molar-refractivity contribution >= 4 is 29.3 Å². The van der Waals surface area contributed by atoms with Crippen LogP contribution in [0.4, 0.5) is 10.1 Å². The molecular formula is C12H14FN2O2S+. The van der Waals surface area contributed by atoms with Crippen molar-refractivity contribution in [1.82, 2.24) is 0 Å². The van der Waals surface area contributed by atoms with Crippen LogP contribution in [0.5, 0.6) is 0 Å². The normalized spacial score (nSPS) is 19.7. The molecule has 0 radical (unpaired) electrons. The Morgan fingerprint density at radius 2 is 2.00 bits per heavy atom. The summed E-state index contributed by atoms with van der Waals surface area (Å²) in [5.74, 6) is -0.0833. The van der Waals surface area contributed by atoms with Gasteiger partial charge >= 0.3 is 0 Å². The zero-order valence-electron chi connectivity index (χ0n) is 9.77. The molecule has 18 heavy (non-hydrogen) atoms. The molecule has 96 valence electrons. The molecule has 1 aliphatic heterocycles. The number of anilines is 1. The number of carbonyl (C=O) groups excluding carboxylic acids is 2. The highest BCUT2D eigenvalue weighted by atomic mass is 32.2. The van der Waals surface area contributed by atoms with Crippen LogP contribution in [-0.2, 0) is 9.59 Å². The van der Waals surface area contributed by atoms with Crippen LogP contribution in [0, 0.1) is 5.82 Å². The lowest BCUT2D eigenvalue weighted by atomic mass is 10.3. The first-order valence-electron chi connectivity index (χ1n) is 5.66. The zero-order valence-corrected chi connectivity index (χ0v) is 10.6. The number of thioether (sulfide) groups is 1. The SMILES string of the molecule is [NH3+]CCS[C@@H]1CC(=O)N(c2ccc(F)cc2)C1=O. The Hall–Kier alpha value is -1.40. The minimum Gasteiger partial charge on any atom is -0.357 e. The van der Waals surface area contributed by atoms with E-state index in [0.717, 1.165) is 17.2 Å². The summed E-state index contributed by atoms with van der Waals surface area (Å²) in [7, 11) is 0. The summed E-state index contributed by atoms with van der Waals surface area (Å²) in [6.45, 7) is 0.721. The largest absolute Gasteiger partial charge is 0.357 e. The highest BCUT2D eigenvalue weighted by Gasteiger charge is 2.39. The fourth-order valence-electron chi connectivity index (χ4n) is 1.82. The van der Waals surface area contributed by atoms with Gasteiger partial charge in [0.1, 0.15) is 5.82 Å². The van der Waals surface area contributed by atoms with Crippen molar-refractivity contribution in [3.63, 3.8) is 0 Å². The Bertz CT molecular complexity index is 464. The molecule has 1 fully saturated rings. The van der Waals surface area contributed by atoms with E-state index < -0.39 is 0 Å². The molecule has 6 heteroatoms. The van der Waals surface area contributed by atoms with E-state index >= 15 is 0 Å². The van der Waals surface area contributed by atoms with Crippen molar-refractivity contribution < 1.29 is 19.7 Å². The molecule has 1 aromatic rings. The van der Waals surface area contributed by atoms with E-state index in [4.69, 9.17) is 0 Å². The average Bonchev–Trinajstić information content (AvgIpc) is 2.63. The van der Waals surface area contributed by atoms with Crippen molar-refractivity contribution in [3.8, 4) is 0 Å². The van der Waals surface area contributed by atoms with Crippen LogP contribution < -0.4 is 10.6 Å². The first-order valence-corrected chi connectivity index (χ1v) is 6.71. The molecule has 0 spiro atoms. The summed E-state index contributed by atoms with van der Waals surface area (Å²) in [6, 6.07) is 5.37. The van der Waals surface area contributed by atoms with E-state index in [0.29, 0.717) is 5.69 Å². The van der Waals surface area contributed by atoms with Crippen molar-refractivity contribution in [3.05, 3.63) is 30.1 Å². The van der Waals surface area contributed by atoms with Gasteiger partial charge in [0.25, 0.3) is 0 Å². The van der Waals surface area contributed by atoms with Crippen LogP contribution in [-0.4, -0.2) is 29.4 Å². The third-order valence-electron chi connectivity index (χ3n) is 2.65. The van der Waals surface area contributed by atoms with Crippen LogP contribution in [0.3, 0.4) is 0 Å². The number of hydrogen-bond acceptors (Lipinski definition) is 3. The Morgan fingerprint density at radius 3 is 2.61 bits per heavy atom. The van der Waals surface area contributed by atoms with Crippen LogP contribution in [0.25, 0.3) is 0 Å². The number of amides is 2. The number of imide groups is 1. The van der Waals surface area contributed by atoms with Gasteiger partial charge in [-0.2, -0.15) is 0 Å². The molecular weight excluding hydrogens is 255 g/mol. The summed E-state index contributed by atoms with van der Waals surface area (Å²) < 4.78 is 12.8. The van der Waals surface area contributed by atoms with Crippen molar-refractivity contribution in [2.45, 2.75) is 11.7 Å². The van der Waals surface area contributed by atoms with E-state index in [-0.39, 0.29) is 29.3 Å². The van der Waals surface area contributed by atoms with Gasteiger partial charge in [-0.15, -0.1) is 11.8 Å². The molecule has 1 saturated heterocycles. The Balaban J connectivity index is 2.16. The molecule has 1 aromatic carbocycles. The minimum absolute atomic E-state index is 0.209. The summed E-state index contributed by atoms with van der Waals surface area (Å²) in [5.41, 5.74) is 4.14. The van der Waals surface area contributed by atoms with Crippen molar-refractivity contribution in [2.75, 3.05) is 17.2 Å². The maximum absolute atomic E-state index is 12.8. The standard InChI is InChI=1S/C12H13FN2O2S/c13-8-1-3-9(4-2-8)15-11(16)7-10(12(15)17)18-6-5-14/h1-4,10H,5-7,14H2/p+1/t10-/m1/s1. The number of rotatable bonds is 4. The lowest BCUT2D eigenvalue weighted by Crippen LogP contribution is -2.51. The van der Waals surface area contributed by atoms with Crippen LogP contribution in [0.15, 0.2) is 24.3 Å². The first-order chi connectivity index (χ1) is 8.63. The lowest BCUT2D eigenvalue weighted by molar-refractivity contribution is -0.360. The van der Waals surface area contributed by atoms with Gasteiger partial charge in [-0.05, 0) is 24.3 Å². The highest BCUT2D eigenvalue weighted by Crippen LogP contribution is 2.29. The van der Waals surface area contributed by atoms with Gasteiger partial charge in [0.05, 0.1) is 17.5 Å². The molecule has 1 atom stereocenters. The van der Waals surface area contributed by atoms with Gasteiger partial charge in [-0.25, -0.2) is 9.29 Å². The molecule has 1 aliphatic rings. The number of benzene rings is 1. The van der Waals surface area contributed by atoms with Gasteiger partial charge in [0.2, 0.25) is 11.8 Å². The van der Waals surface area contributed by atoms with Gasteiger partial charge in [0.15, 0.2) is 0 Å². The predicted molar refractivity (Wildman–Crippen MR) is 67.5 cm³/mol. The number of carbonyl (C=O) groups is 2. The second kappa shape index (κ2) is 5.49. The molecule has 0 aliphatic carbocycles. The monoisotopic (exact) mass is 269 g/mol. The number of nitrogens with zero attached hydrogens (tertiary/aromatic N) is 1. The molecule has 0 unspecified atom stereocenters. The van der Waals surface area contributed by atoms with E-state index in [9.17, 15) is 14.0 Å². The first kappa shape index (κ1) is 13.0. The maximum Gasteiger partial charge on any atom is 0.247 e. The molecule has 2 amide bonds.